The number of carbonyl (C=O) groups is 1. The molecule has 25 heavy (non-hydrogen) atoms. The van der Waals surface area contributed by atoms with E-state index >= 15 is 0 Å². The predicted octanol–water partition coefficient (Wildman–Crippen LogP) is 5.02. The Morgan fingerprint density at radius 1 is 0.840 bits per heavy atom. The second-order valence-corrected chi connectivity index (χ2v) is 6.13. The molecular weight excluding hydrogens is 308 g/mol. The summed E-state index contributed by atoms with van der Waals surface area (Å²) in [4.78, 5) is 12.4. The van der Waals surface area contributed by atoms with Gasteiger partial charge in [0.15, 0.2) is 0 Å². The number of aryl methyl sites for hydroxylation is 2. The van der Waals surface area contributed by atoms with Crippen molar-refractivity contribution in [3.05, 3.63) is 83.9 Å². The van der Waals surface area contributed by atoms with Crippen LogP contribution in [-0.4, -0.2) is 12.5 Å². The van der Waals surface area contributed by atoms with Crippen molar-refractivity contribution >= 4 is 17.3 Å². The van der Waals surface area contributed by atoms with Gasteiger partial charge in [0.1, 0.15) is 0 Å². The Bertz CT molecular complexity index is 872. The molecule has 3 nitrogen and oxygen atoms in total. The minimum absolute atomic E-state index is 0.0655. The molecule has 1 amide bonds. The molecule has 3 aromatic rings. The van der Waals surface area contributed by atoms with E-state index in [9.17, 15) is 4.79 Å². The maximum absolute atomic E-state index is 12.4. The van der Waals surface area contributed by atoms with Crippen molar-refractivity contribution in [2.75, 3.05) is 17.2 Å². The third-order valence-corrected chi connectivity index (χ3v) is 4.12. The predicted molar refractivity (Wildman–Crippen MR) is 105 cm³/mol. The van der Waals surface area contributed by atoms with Gasteiger partial charge in [0.25, 0.3) is 0 Å². The van der Waals surface area contributed by atoms with Gasteiger partial charge in [-0.15, -0.1) is 0 Å². The molecule has 0 fully saturated rings. The van der Waals surface area contributed by atoms with E-state index < -0.39 is 0 Å². The summed E-state index contributed by atoms with van der Waals surface area (Å²) in [7, 11) is 0. The first-order valence-corrected chi connectivity index (χ1v) is 8.39. The van der Waals surface area contributed by atoms with E-state index in [2.05, 4.69) is 28.8 Å². The quantitative estimate of drug-likeness (QED) is 0.689. The highest BCUT2D eigenvalue weighted by Gasteiger charge is 2.08. The molecule has 126 valence electrons. The first-order chi connectivity index (χ1) is 12.1. The van der Waals surface area contributed by atoms with E-state index in [1.165, 1.54) is 5.56 Å². The minimum atomic E-state index is -0.0655. The van der Waals surface area contributed by atoms with E-state index in [1.54, 1.807) is 0 Å². The molecule has 0 aromatic heterocycles. The van der Waals surface area contributed by atoms with Gasteiger partial charge < -0.3 is 10.6 Å². The van der Waals surface area contributed by atoms with Crippen LogP contribution in [0, 0.1) is 13.8 Å². The lowest BCUT2D eigenvalue weighted by atomic mass is 10.0. The lowest BCUT2D eigenvalue weighted by molar-refractivity contribution is -0.114. The first kappa shape index (κ1) is 16.8. The van der Waals surface area contributed by atoms with E-state index in [0.717, 1.165) is 28.1 Å². The van der Waals surface area contributed by atoms with Gasteiger partial charge in [-0.3, -0.25) is 4.79 Å². The van der Waals surface area contributed by atoms with Crippen molar-refractivity contribution in [1.82, 2.24) is 0 Å². The van der Waals surface area contributed by atoms with Gasteiger partial charge in [0, 0.05) is 16.9 Å². The van der Waals surface area contributed by atoms with Crippen molar-refractivity contribution in [2.45, 2.75) is 13.8 Å². The normalized spacial score (nSPS) is 10.3. The second kappa shape index (κ2) is 7.67. The number of nitrogens with one attached hydrogen (secondary N) is 2. The number of benzene rings is 3. The Labute approximate surface area is 148 Å². The topological polar surface area (TPSA) is 41.1 Å². The summed E-state index contributed by atoms with van der Waals surface area (Å²) in [6.45, 7) is 4.30. The van der Waals surface area contributed by atoms with Crippen LogP contribution < -0.4 is 10.6 Å². The fourth-order valence-corrected chi connectivity index (χ4v) is 2.76. The van der Waals surface area contributed by atoms with Crippen LogP contribution in [0.3, 0.4) is 0 Å². The Hall–Kier alpha value is -3.07. The highest BCUT2D eigenvalue weighted by Crippen LogP contribution is 2.27. The molecule has 0 heterocycles. The molecule has 0 aliphatic carbocycles. The Morgan fingerprint density at radius 2 is 1.56 bits per heavy atom. The molecule has 0 aliphatic heterocycles. The average Bonchev–Trinajstić information content (AvgIpc) is 2.64. The molecule has 0 atom stereocenters. The molecule has 0 unspecified atom stereocenters. The Morgan fingerprint density at radius 3 is 2.36 bits per heavy atom. The van der Waals surface area contributed by atoms with Gasteiger partial charge in [0.2, 0.25) is 5.91 Å². The SMILES string of the molecule is Cc1ccc(C)c(NCC(=O)Nc2ccccc2-c2ccccc2)c1. The standard InChI is InChI=1S/C22H22N2O/c1-16-12-13-17(2)21(14-16)23-15-22(25)24-20-11-7-6-10-19(20)18-8-4-3-5-9-18/h3-14,23H,15H2,1-2H3,(H,24,25). The Balaban J connectivity index is 1.71. The van der Waals surface area contributed by atoms with Gasteiger partial charge in [-0.1, -0.05) is 60.7 Å². The van der Waals surface area contributed by atoms with Crippen molar-refractivity contribution < 1.29 is 4.79 Å². The highest BCUT2D eigenvalue weighted by atomic mass is 16.1. The minimum Gasteiger partial charge on any atom is -0.376 e. The molecule has 0 spiro atoms. The number of para-hydroxylation sites is 1. The summed E-state index contributed by atoms with van der Waals surface area (Å²) in [5.41, 5.74) is 6.21. The lowest BCUT2D eigenvalue weighted by Crippen LogP contribution is -2.22. The van der Waals surface area contributed by atoms with Crippen molar-refractivity contribution in [3.63, 3.8) is 0 Å². The molecule has 0 radical (unpaired) electrons. The van der Waals surface area contributed by atoms with E-state index in [4.69, 9.17) is 0 Å². The van der Waals surface area contributed by atoms with Crippen LogP contribution >= 0.6 is 0 Å². The summed E-state index contributed by atoms with van der Waals surface area (Å²) in [6.07, 6.45) is 0. The monoisotopic (exact) mass is 330 g/mol. The van der Waals surface area contributed by atoms with Crippen LogP contribution in [0.5, 0.6) is 0 Å². The average molecular weight is 330 g/mol. The molecule has 0 bridgehead atoms. The van der Waals surface area contributed by atoms with Gasteiger partial charge in [-0.25, -0.2) is 0 Å². The highest BCUT2D eigenvalue weighted by molar-refractivity contribution is 5.97. The van der Waals surface area contributed by atoms with Crippen LogP contribution in [0.2, 0.25) is 0 Å². The van der Waals surface area contributed by atoms with Crippen LogP contribution in [0.15, 0.2) is 72.8 Å². The summed E-state index contributed by atoms with van der Waals surface area (Å²) < 4.78 is 0. The third kappa shape index (κ3) is 4.27. The fraction of sp³-hybridized carbons (Fsp3) is 0.136. The molecule has 2 N–H and O–H groups in total. The number of hydrogen-bond acceptors (Lipinski definition) is 2. The zero-order valence-corrected chi connectivity index (χ0v) is 14.5. The largest absolute Gasteiger partial charge is 0.376 e. The summed E-state index contributed by atoms with van der Waals surface area (Å²) in [5.74, 6) is -0.0655. The summed E-state index contributed by atoms with van der Waals surface area (Å²) in [6, 6.07) is 24.1. The fourth-order valence-electron chi connectivity index (χ4n) is 2.76. The molecule has 0 aliphatic rings. The van der Waals surface area contributed by atoms with Crippen LogP contribution in [0.25, 0.3) is 11.1 Å². The zero-order chi connectivity index (χ0) is 17.6. The van der Waals surface area contributed by atoms with Crippen LogP contribution in [0.1, 0.15) is 11.1 Å². The molecule has 3 heteroatoms. The first-order valence-electron chi connectivity index (χ1n) is 8.39. The van der Waals surface area contributed by atoms with Crippen LogP contribution in [-0.2, 0) is 4.79 Å². The van der Waals surface area contributed by atoms with E-state index in [0.29, 0.717) is 0 Å². The van der Waals surface area contributed by atoms with Crippen molar-refractivity contribution in [3.8, 4) is 11.1 Å². The zero-order valence-electron chi connectivity index (χ0n) is 14.5. The van der Waals surface area contributed by atoms with Crippen molar-refractivity contribution in [2.24, 2.45) is 0 Å². The van der Waals surface area contributed by atoms with Gasteiger partial charge in [-0.2, -0.15) is 0 Å². The maximum atomic E-state index is 12.4. The number of hydrogen-bond donors (Lipinski definition) is 2. The molecule has 3 rings (SSSR count). The number of amides is 1. The number of carbonyl (C=O) groups excluding carboxylic acids is 1. The van der Waals surface area contributed by atoms with Gasteiger partial charge in [0.05, 0.1) is 6.54 Å². The molecule has 3 aromatic carbocycles. The third-order valence-electron chi connectivity index (χ3n) is 4.12. The maximum Gasteiger partial charge on any atom is 0.243 e. The van der Waals surface area contributed by atoms with E-state index in [1.807, 2.05) is 68.4 Å². The Kier molecular flexibility index (Phi) is 5.14. The van der Waals surface area contributed by atoms with Crippen molar-refractivity contribution in [1.29, 1.82) is 0 Å². The number of anilines is 2. The lowest BCUT2D eigenvalue weighted by Gasteiger charge is -2.13. The summed E-state index contributed by atoms with van der Waals surface area (Å²) in [5, 5.41) is 6.23. The van der Waals surface area contributed by atoms with Crippen LogP contribution in [0.4, 0.5) is 11.4 Å². The van der Waals surface area contributed by atoms with E-state index in [-0.39, 0.29) is 12.5 Å². The summed E-state index contributed by atoms with van der Waals surface area (Å²) >= 11 is 0. The van der Waals surface area contributed by atoms with Gasteiger partial charge >= 0.3 is 0 Å². The smallest absolute Gasteiger partial charge is 0.243 e. The molecule has 0 saturated carbocycles. The second-order valence-electron chi connectivity index (χ2n) is 6.13. The molecular formula is C22H22N2O. The number of rotatable bonds is 5. The molecule has 0 saturated heterocycles. The van der Waals surface area contributed by atoms with Gasteiger partial charge in [-0.05, 0) is 42.7 Å².